The molecule has 0 bridgehead atoms. The molecule has 42 heavy (non-hydrogen) atoms. The lowest BCUT2D eigenvalue weighted by atomic mass is 9.79. The van der Waals surface area contributed by atoms with Crippen molar-refractivity contribution in [1.82, 2.24) is 4.98 Å². The molecule has 2 aromatic carbocycles. The zero-order valence-electron chi connectivity index (χ0n) is 25.6. The molecule has 0 atom stereocenters. The molecule has 0 saturated heterocycles. The third-order valence-corrected chi connectivity index (χ3v) is 7.87. The monoisotopic (exact) mass is 572 g/mol. The fraction of sp³-hybridized carbons (Fsp3) is 0.444. The number of hydrogen-bond acceptors (Lipinski definition) is 5. The highest BCUT2D eigenvalue weighted by atomic mass is 16.5. The van der Waals surface area contributed by atoms with Gasteiger partial charge in [0.15, 0.2) is 0 Å². The first-order chi connectivity index (χ1) is 20.5. The Morgan fingerprint density at radius 3 is 2.38 bits per heavy atom. The van der Waals surface area contributed by atoms with E-state index in [1.807, 2.05) is 62.4 Å². The van der Waals surface area contributed by atoms with Crippen LogP contribution in [0.25, 0.3) is 12.2 Å². The van der Waals surface area contributed by atoms with Crippen LogP contribution in [-0.2, 0) is 11.2 Å². The Labute approximate surface area is 252 Å². The second-order valence-electron chi connectivity index (χ2n) is 10.8. The molecule has 0 aliphatic carbocycles. The molecular weight excluding hydrogens is 524 g/mol. The summed E-state index contributed by atoms with van der Waals surface area (Å²) in [6, 6.07) is 22.4. The predicted octanol–water partition coefficient (Wildman–Crippen LogP) is 8.92. The average Bonchev–Trinajstić information content (AvgIpc) is 3.01. The second kappa shape index (κ2) is 17.9. The fourth-order valence-corrected chi connectivity index (χ4v) is 4.87. The molecule has 3 rings (SSSR count). The molecule has 226 valence electrons. The van der Waals surface area contributed by atoms with Crippen LogP contribution in [-0.4, -0.2) is 35.8 Å². The van der Waals surface area contributed by atoms with Crippen molar-refractivity contribution in [2.75, 3.05) is 25.1 Å². The molecule has 0 saturated carbocycles. The number of nitrogens with zero attached hydrogens (tertiary/aromatic N) is 1. The van der Waals surface area contributed by atoms with Crippen molar-refractivity contribution >= 4 is 23.8 Å². The predicted molar refractivity (Wildman–Crippen MR) is 173 cm³/mol. The van der Waals surface area contributed by atoms with Crippen LogP contribution in [0.2, 0.25) is 0 Å². The number of benzene rings is 2. The molecule has 0 spiro atoms. The Balaban J connectivity index is 1.39. The number of anilines is 1. The van der Waals surface area contributed by atoms with Gasteiger partial charge in [-0.25, -0.2) is 4.98 Å². The van der Waals surface area contributed by atoms with Gasteiger partial charge in [0.05, 0.1) is 24.3 Å². The number of pyridine rings is 1. The topological polar surface area (TPSA) is 80.7 Å². The van der Waals surface area contributed by atoms with Gasteiger partial charge in [0.2, 0.25) is 5.88 Å². The highest BCUT2D eigenvalue weighted by molar-refractivity contribution is 5.74. The first kappa shape index (κ1) is 32.7. The number of carboxylic acids is 1. The average molecular weight is 573 g/mol. The Morgan fingerprint density at radius 1 is 0.881 bits per heavy atom. The summed E-state index contributed by atoms with van der Waals surface area (Å²) < 4.78 is 11.7. The van der Waals surface area contributed by atoms with Gasteiger partial charge in [0, 0.05) is 18.3 Å². The molecule has 6 nitrogen and oxygen atoms in total. The molecule has 1 heterocycles. The molecule has 3 aromatic rings. The Hall–Kier alpha value is -3.80. The quantitative estimate of drug-likeness (QED) is 0.132. The molecule has 0 radical (unpaired) electrons. The number of carboxylic acid groups (broad SMARTS) is 1. The molecular formula is C36H48N2O4. The van der Waals surface area contributed by atoms with E-state index in [4.69, 9.17) is 9.47 Å². The van der Waals surface area contributed by atoms with Crippen molar-refractivity contribution in [2.45, 2.75) is 78.6 Å². The van der Waals surface area contributed by atoms with E-state index in [1.165, 1.54) is 5.56 Å². The molecule has 0 unspecified atom stereocenters. The number of rotatable bonds is 20. The second-order valence-corrected chi connectivity index (χ2v) is 10.8. The smallest absolute Gasteiger partial charge is 0.309 e. The van der Waals surface area contributed by atoms with E-state index in [1.54, 1.807) is 0 Å². The maximum Gasteiger partial charge on any atom is 0.309 e. The van der Waals surface area contributed by atoms with Crippen LogP contribution in [0, 0.1) is 5.41 Å². The number of hydrogen-bond donors (Lipinski definition) is 2. The lowest BCUT2D eigenvalue weighted by molar-refractivity contribution is -0.149. The summed E-state index contributed by atoms with van der Waals surface area (Å²) in [5.74, 6) is 0.881. The third kappa shape index (κ3) is 10.9. The lowest BCUT2D eigenvalue weighted by Crippen LogP contribution is -2.31. The summed E-state index contributed by atoms with van der Waals surface area (Å²) in [4.78, 5) is 16.4. The van der Waals surface area contributed by atoms with Gasteiger partial charge in [-0.05, 0) is 98.9 Å². The van der Waals surface area contributed by atoms with Crippen LogP contribution in [0.1, 0.15) is 89.0 Å². The van der Waals surface area contributed by atoms with Crippen LogP contribution >= 0.6 is 0 Å². The van der Waals surface area contributed by atoms with Crippen LogP contribution < -0.4 is 14.8 Å². The Morgan fingerprint density at radius 2 is 1.64 bits per heavy atom. The summed E-state index contributed by atoms with van der Waals surface area (Å²) >= 11 is 0. The van der Waals surface area contributed by atoms with Crippen LogP contribution in [0.15, 0.2) is 66.7 Å². The fourth-order valence-electron chi connectivity index (χ4n) is 4.87. The standard InChI is InChI=1S/C36H48N2O4/c1-4-7-26-41-33-22-19-29(20-23-33)13-9-8-10-27-42-34-17-12-15-31(38-34)21-18-30-14-11-16-32(28-30)37-25-24-36(5-2,6-3)35(39)40/h11-12,14-23,28,37H,4-10,13,24-27H2,1-3H3,(H,39,40). The van der Waals surface area contributed by atoms with E-state index in [2.05, 4.69) is 47.6 Å². The van der Waals surface area contributed by atoms with E-state index < -0.39 is 11.4 Å². The van der Waals surface area contributed by atoms with E-state index in [0.717, 1.165) is 67.8 Å². The number of nitrogens with one attached hydrogen (secondary N) is 1. The number of aliphatic carboxylic acids is 1. The van der Waals surface area contributed by atoms with Crippen LogP contribution in [0.3, 0.4) is 0 Å². The summed E-state index contributed by atoms with van der Waals surface area (Å²) in [6.45, 7) is 8.12. The molecule has 0 fully saturated rings. The summed E-state index contributed by atoms with van der Waals surface area (Å²) in [5.41, 5.74) is 3.53. The van der Waals surface area contributed by atoms with Gasteiger partial charge in [-0.2, -0.15) is 0 Å². The van der Waals surface area contributed by atoms with Crippen LogP contribution in [0.4, 0.5) is 5.69 Å². The molecule has 1 aromatic heterocycles. The summed E-state index contributed by atoms with van der Waals surface area (Å²) in [6.07, 6.45) is 12.4. The molecule has 0 aliphatic heterocycles. The zero-order valence-corrected chi connectivity index (χ0v) is 25.6. The van der Waals surface area contributed by atoms with Gasteiger partial charge >= 0.3 is 5.97 Å². The molecule has 6 heteroatoms. The van der Waals surface area contributed by atoms with E-state index >= 15 is 0 Å². The Kier molecular flexibility index (Phi) is 13.9. The first-order valence-corrected chi connectivity index (χ1v) is 15.5. The van der Waals surface area contributed by atoms with E-state index in [0.29, 0.717) is 38.3 Å². The van der Waals surface area contributed by atoms with Gasteiger partial charge in [-0.3, -0.25) is 4.79 Å². The van der Waals surface area contributed by atoms with E-state index in [-0.39, 0.29) is 0 Å². The highest BCUT2D eigenvalue weighted by Crippen LogP contribution is 2.31. The molecule has 0 aliphatic rings. The van der Waals surface area contributed by atoms with Gasteiger partial charge in [0.1, 0.15) is 5.75 Å². The Bertz CT molecular complexity index is 1240. The number of unbranched alkanes of at least 4 members (excludes halogenated alkanes) is 3. The third-order valence-electron chi connectivity index (χ3n) is 7.87. The maximum absolute atomic E-state index is 11.8. The van der Waals surface area contributed by atoms with Crippen molar-refractivity contribution in [3.8, 4) is 11.6 Å². The SMILES string of the molecule is CCCCOc1ccc(CCCCCOc2cccc(C=Cc3cccc(NCCC(CC)(CC)C(=O)O)c3)n2)cc1. The first-order valence-electron chi connectivity index (χ1n) is 15.5. The maximum atomic E-state index is 11.8. The number of aryl methyl sites for hydroxylation is 1. The van der Waals surface area contributed by atoms with Gasteiger partial charge in [-0.1, -0.05) is 63.6 Å². The minimum Gasteiger partial charge on any atom is -0.494 e. The van der Waals surface area contributed by atoms with Crippen LogP contribution in [0.5, 0.6) is 11.6 Å². The van der Waals surface area contributed by atoms with Gasteiger partial charge < -0.3 is 19.9 Å². The number of ether oxygens (including phenoxy) is 2. The van der Waals surface area contributed by atoms with Gasteiger partial charge in [-0.15, -0.1) is 0 Å². The van der Waals surface area contributed by atoms with Crippen molar-refractivity contribution in [3.05, 3.63) is 83.6 Å². The molecule has 0 amide bonds. The largest absolute Gasteiger partial charge is 0.494 e. The zero-order chi connectivity index (χ0) is 30.0. The summed E-state index contributed by atoms with van der Waals surface area (Å²) in [5, 5.41) is 13.1. The highest BCUT2D eigenvalue weighted by Gasteiger charge is 2.34. The minimum absolute atomic E-state index is 0.592. The van der Waals surface area contributed by atoms with Crippen molar-refractivity contribution < 1.29 is 19.4 Å². The van der Waals surface area contributed by atoms with Crippen molar-refractivity contribution in [2.24, 2.45) is 5.41 Å². The number of aromatic nitrogens is 1. The number of carbonyl (C=O) groups is 1. The summed E-state index contributed by atoms with van der Waals surface area (Å²) in [7, 11) is 0. The van der Waals surface area contributed by atoms with E-state index in [9.17, 15) is 9.90 Å². The lowest BCUT2D eigenvalue weighted by Gasteiger charge is -2.26. The minimum atomic E-state index is -0.713. The molecule has 2 N–H and O–H groups in total. The van der Waals surface area contributed by atoms with Crippen molar-refractivity contribution in [1.29, 1.82) is 0 Å². The normalized spacial score (nSPS) is 11.5. The van der Waals surface area contributed by atoms with Gasteiger partial charge in [0.25, 0.3) is 0 Å². The van der Waals surface area contributed by atoms with Crippen molar-refractivity contribution in [3.63, 3.8) is 0 Å².